The van der Waals surface area contributed by atoms with Gasteiger partial charge in [-0.3, -0.25) is 14.4 Å². The maximum Gasteiger partial charge on any atom is 0.404 e. The predicted molar refractivity (Wildman–Crippen MR) is 101 cm³/mol. The first-order chi connectivity index (χ1) is 13.2. The third-order valence-corrected chi connectivity index (χ3v) is 4.66. The zero-order chi connectivity index (χ0) is 20.8. The summed E-state index contributed by atoms with van der Waals surface area (Å²) in [6.45, 7) is 0. The fourth-order valence-electron chi connectivity index (χ4n) is 3.11. The maximum atomic E-state index is 12.2. The maximum absolute atomic E-state index is 12.2. The van der Waals surface area contributed by atoms with Crippen LogP contribution >= 0.6 is 11.6 Å². The van der Waals surface area contributed by atoms with Gasteiger partial charge in [0.2, 0.25) is 5.91 Å². The molecule has 4 N–H and O–H groups in total. The van der Waals surface area contributed by atoms with Crippen LogP contribution in [0.4, 0.5) is 10.6 Å². The van der Waals surface area contributed by atoms with E-state index in [1.165, 1.54) is 23.2 Å². The van der Waals surface area contributed by atoms with Crippen molar-refractivity contribution in [3.05, 3.63) is 23.4 Å². The molecule has 0 aliphatic heterocycles. The van der Waals surface area contributed by atoms with E-state index in [0.29, 0.717) is 17.9 Å². The first-order valence-electron chi connectivity index (χ1n) is 8.61. The summed E-state index contributed by atoms with van der Waals surface area (Å²) in [4.78, 5) is 52.9. The minimum Gasteiger partial charge on any atom is -0.465 e. The molecule has 28 heavy (non-hydrogen) atoms. The van der Waals surface area contributed by atoms with Crippen molar-refractivity contribution in [2.75, 3.05) is 19.4 Å². The van der Waals surface area contributed by atoms with Crippen LogP contribution in [0.25, 0.3) is 0 Å². The van der Waals surface area contributed by atoms with E-state index in [1.54, 1.807) is 14.1 Å². The first kappa shape index (κ1) is 21.4. The van der Waals surface area contributed by atoms with Crippen LogP contribution in [0.15, 0.2) is 18.3 Å². The fraction of sp³-hybridized carbons (Fsp3) is 0.471. The molecule has 1 aromatic rings. The molecule has 1 heterocycles. The number of anilines is 1. The molecular weight excluding hydrogens is 390 g/mol. The standard InChI is InChI=1S/C17H22ClN5O5/c1-23(2)16(26)9-3-5-11(12(7-9)21-17(27)28)20-14(24)15(25)22-13-6-4-10(18)8-19-13/h4,6,8-9,11-12,21H,3,5,7H2,1-2H3,(H,20,24)(H,27,28)(H,19,22,25)/t9-,11-,12+/m0/s1. The molecule has 4 amide bonds. The van der Waals surface area contributed by atoms with Gasteiger partial charge in [0.15, 0.2) is 0 Å². The Morgan fingerprint density at radius 3 is 2.39 bits per heavy atom. The smallest absolute Gasteiger partial charge is 0.404 e. The summed E-state index contributed by atoms with van der Waals surface area (Å²) in [7, 11) is 3.26. The van der Waals surface area contributed by atoms with Gasteiger partial charge in [0.25, 0.3) is 0 Å². The summed E-state index contributed by atoms with van der Waals surface area (Å²) >= 11 is 5.71. The Hall–Kier alpha value is -2.88. The second kappa shape index (κ2) is 9.36. The average molecular weight is 412 g/mol. The van der Waals surface area contributed by atoms with Crippen LogP contribution in [0.5, 0.6) is 0 Å². The highest BCUT2D eigenvalue weighted by Gasteiger charge is 2.37. The Morgan fingerprint density at radius 2 is 1.82 bits per heavy atom. The van der Waals surface area contributed by atoms with Crippen molar-refractivity contribution in [1.29, 1.82) is 0 Å². The van der Waals surface area contributed by atoms with Crippen LogP contribution < -0.4 is 16.0 Å². The fourth-order valence-corrected chi connectivity index (χ4v) is 3.22. The van der Waals surface area contributed by atoms with Crippen molar-refractivity contribution < 1.29 is 24.3 Å². The number of rotatable bonds is 4. The average Bonchev–Trinajstić information content (AvgIpc) is 2.63. The van der Waals surface area contributed by atoms with Crippen LogP contribution in [0.1, 0.15) is 19.3 Å². The Kier molecular flexibility index (Phi) is 7.16. The molecule has 0 bridgehead atoms. The van der Waals surface area contributed by atoms with Crippen LogP contribution in [0.2, 0.25) is 5.02 Å². The second-order valence-corrected chi connectivity index (χ2v) is 7.13. The van der Waals surface area contributed by atoms with Gasteiger partial charge >= 0.3 is 17.9 Å². The van der Waals surface area contributed by atoms with E-state index >= 15 is 0 Å². The number of hydrogen-bond acceptors (Lipinski definition) is 5. The lowest BCUT2D eigenvalue weighted by molar-refractivity contribution is -0.137. The second-order valence-electron chi connectivity index (χ2n) is 6.69. The number of carboxylic acid groups (broad SMARTS) is 1. The lowest BCUT2D eigenvalue weighted by atomic mass is 9.81. The molecule has 0 unspecified atom stereocenters. The van der Waals surface area contributed by atoms with Gasteiger partial charge in [-0.1, -0.05) is 11.6 Å². The van der Waals surface area contributed by atoms with Gasteiger partial charge in [0.1, 0.15) is 5.82 Å². The molecule has 0 aromatic carbocycles. The van der Waals surface area contributed by atoms with Gasteiger partial charge in [0.05, 0.1) is 11.1 Å². The lowest BCUT2D eigenvalue weighted by Gasteiger charge is -2.36. The minimum atomic E-state index is -1.27. The Labute approximate surface area is 166 Å². The molecular formula is C17H22ClN5O5. The summed E-state index contributed by atoms with van der Waals surface area (Å²) in [5, 5.41) is 16.6. The molecule has 1 saturated carbocycles. The monoisotopic (exact) mass is 411 g/mol. The largest absolute Gasteiger partial charge is 0.465 e. The molecule has 152 valence electrons. The Balaban J connectivity index is 2.00. The molecule has 1 aromatic heterocycles. The summed E-state index contributed by atoms with van der Waals surface area (Å²) in [5.74, 6) is -2.16. The van der Waals surface area contributed by atoms with Gasteiger partial charge in [-0.25, -0.2) is 9.78 Å². The molecule has 1 aliphatic carbocycles. The predicted octanol–water partition coefficient (Wildman–Crippen LogP) is 0.683. The highest BCUT2D eigenvalue weighted by molar-refractivity contribution is 6.39. The summed E-state index contributed by atoms with van der Waals surface area (Å²) in [6.07, 6.45) is 1.12. The van der Waals surface area contributed by atoms with E-state index < -0.39 is 30.0 Å². The molecule has 0 radical (unpaired) electrons. The Morgan fingerprint density at radius 1 is 1.11 bits per heavy atom. The number of nitrogens with one attached hydrogen (secondary N) is 3. The van der Waals surface area contributed by atoms with E-state index in [-0.39, 0.29) is 24.1 Å². The number of nitrogens with zero attached hydrogens (tertiary/aromatic N) is 2. The van der Waals surface area contributed by atoms with Crippen molar-refractivity contribution in [3.63, 3.8) is 0 Å². The minimum absolute atomic E-state index is 0.103. The molecule has 0 saturated heterocycles. The van der Waals surface area contributed by atoms with Gasteiger partial charge < -0.3 is 26.0 Å². The van der Waals surface area contributed by atoms with Crippen molar-refractivity contribution in [2.45, 2.75) is 31.3 Å². The van der Waals surface area contributed by atoms with E-state index in [4.69, 9.17) is 16.7 Å². The topological polar surface area (TPSA) is 141 Å². The zero-order valence-corrected chi connectivity index (χ0v) is 16.2. The van der Waals surface area contributed by atoms with Crippen molar-refractivity contribution >= 4 is 41.2 Å². The van der Waals surface area contributed by atoms with E-state index in [0.717, 1.165) is 0 Å². The number of carbonyl (C=O) groups is 4. The SMILES string of the molecule is CN(C)C(=O)[C@H]1CC[C@H](NC(=O)C(=O)Nc2ccc(Cl)cn2)[C@H](NC(=O)O)C1. The number of amides is 4. The molecule has 1 aliphatic rings. The van der Waals surface area contributed by atoms with Crippen molar-refractivity contribution in [2.24, 2.45) is 5.92 Å². The van der Waals surface area contributed by atoms with Crippen LogP contribution in [-0.4, -0.2) is 65.0 Å². The molecule has 2 rings (SSSR count). The lowest BCUT2D eigenvalue weighted by Crippen LogP contribution is -2.57. The highest BCUT2D eigenvalue weighted by atomic mass is 35.5. The van der Waals surface area contributed by atoms with E-state index in [1.807, 2.05) is 0 Å². The normalized spacial score (nSPS) is 21.3. The summed E-state index contributed by atoms with van der Waals surface area (Å²) in [6, 6.07) is 1.66. The Bertz CT molecular complexity index is 755. The van der Waals surface area contributed by atoms with Crippen molar-refractivity contribution in [3.8, 4) is 0 Å². The van der Waals surface area contributed by atoms with Gasteiger partial charge in [-0.2, -0.15) is 0 Å². The molecule has 3 atom stereocenters. The molecule has 0 spiro atoms. The summed E-state index contributed by atoms with van der Waals surface area (Å²) < 4.78 is 0. The van der Waals surface area contributed by atoms with Crippen LogP contribution in [0, 0.1) is 5.92 Å². The van der Waals surface area contributed by atoms with Gasteiger partial charge in [-0.15, -0.1) is 0 Å². The van der Waals surface area contributed by atoms with Gasteiger partial charge in [0, 0.05) is 32.3 Å². The third-order valence-electron chi connectivity index (χ3n) is 4.44. The van der Waals surface area contributed by atoms with E-state index in [9.17, 15) is 19.2 Å². The quantitative estimate of drug-likeness (QED) is 0.537. The molecule has 11 heteroatoms. The number of hydrogen-bond donors (Lipinski definition) is 4. The van der Waals surface area contributed by atoms with Gasteiger partial charge in [-0.05, 0) is 31.4 Å². The number of halogens is 1. The third kappa shape index (κ3) is 5.81. The van der Waals surface area contributed by atoms with Crippen molar-refractivity contribution in [1.82, 2.24) is 20.5 Å². The summed E-state index contributed by atoms with van der Waals surface area (Å²) in [5.41, 5.74) is 0. The highest BCUT2D eigenvalue weighted by Crippen LogP contribution is 2.26. The van der Waals surface area contributed by atoms with E-state index in [2.05, 4.69) is 20.9 Å². The number of aromatic nitrogens is 1. The van der Waals surface area contributed by atoms with Crippen LogP contribution in [-0.2, 0) is 14.4 Å². The first-order valence-corrected chi connectivity index (χ1v) is 8.99. The zero-order valence-electron chi connectivity index (χ0n) is 15.4. The number of carbonyl (C=O) groups excluding carboxylic acids is 3. The van der Waals surface area contributed by atoms with Crippen LogP contribution in [0.3, 0.4) is 0 Å². The number of pyridine rings is 1. The molecule has 1 fully saturated rings. The molecule has 10 nitrogen and oxygen atoms in total.